The van der Waals surface area contributed by atoms with Crippen molar-refractivity contribution in [3.8, 4) is 0 Å². The number of hydrogen-bond donors (Lipinski definition) is 0. The lowest BCUT2D eigenvalue weighted by Gasteiger charge is -2.17. The molecule has 0 unspecified atom stereocenters. The van der Waals surface area contributed by atoms with Crippen LogP contribution < -0.4 is 0 Å². The second-order valence-electron chi connectivity index (χ2n) is 4.36. The van der Waals surface area contributed by atoms with E-state index in [2.05, 4.69) is 62.8 Å². The van der Waals surface area contributed by atoms with E-state index in [-0.39, 0.29) is 6.10 Å². The molecule has 1 aromatic rings. The van der Waals surface area contributed by atoms with Gasteiger partial charge in [0.05, 0.1) is 26.7 Å². The highest BCUT2D eigenvalue weighted by molar-refractivity contribution is 9.11. The monoisotopic (exact) mass is 391 g/mol. The van der Waals surface area contributed by atoms with Gasteiger partial charge in [-0.15, -0.1) is 11.3 Å². The smallest absolute Gasteiger partial charge is 0.105 e. The number of rotatable bonds is 4. The Labute approximate surface area is 128 Å². The Hall–Kier alpha value is -0.130. The lowest BCUT2D eigenvalue weighted by Crippen LogP contribution is -2.04. The summed E-state index contributed by atoms with van der Waals surface area (Å²) < 4.78 is 6.83. The summed E-state index contributed by atoms with van der Waals surface area (Å²) in [5.74, 6) is 1.07. The van der Waals surface area contributed by atoms with Gasteiger partial charge in [-0.1, -0.05) is 22.0 Å². The summed E-state index contributed by atoms with van der Waals surface area (Å²) in [6, 6.07) is 0. The average Bonchev–Trinajstić information content (AvgIpc) is 2.71. The molecule has 0 saturated heterocycles. The number of allylic oxidation sites excluding steroid dienone is 4. The van der Waals surface area contributed by atoms with Crippen LogP contribution in [0.1, 0.15) is 37.4 Å². The van der Waals surface area contributed by atoms with Gasteiger partial charge in [-0.25, -0.2) is 4.98 Å². The third-order valence-electron chi connectivity index (χ3n) is 2.55. The van der Waals surface area contributed by atoms with E-state index < -0.39 is 0 Å². The predicted molar refractivity (Wildman–Crippen MR) is 84.0 cm³/mol. The zero-order valence-corrected chi connectivity index (χ0v) is 14.4. The van der Waals surface area contributed by atoms with Crippen molar-refractivity contribution in [3.63, 3.8) is 0 Å². The maximum Gasteiger partial charge on any atom is 0.105 e. The summed E-state index contributed by atoms with van der Waals surface area (Å²) in [5, 5.41) is 1.91. The number of hydrogen-bond acceptors (Lipinski definition) is 3. The van der Waals surface area contributed by atoms with Crippen LogP contribution in [0.4, 0.5) is 0 Å². The lowest BCUT2D eigenvalue weighted by molar-refractivity contribution is 0.140. The van der Waals surface area contributed by atoms with E-state index in [4.69, 9.17) is 4.74 Å². The van der Waals surface area contributed by atoms with E-state index in [1.54, 1.807) is 11.3 Å². The van der Waals surface area contributed by atoms with Crippen LogP contribution in [0.25, 0.3) is 5.57 Å². The predicted octanol–water partition coefficient (Wildman–Crippen LogP) is 5.29. The summed E-state index contributed by atoms with van der Waals surface area (Å²) in [7, 11) is 0. The molecule has 0 aliphatic heterocycles. The van der Waals surface area contributed by atoms with Crippen molar-refractivity contribution < 1.29 is 4.74 Å². The van der Waals surface area contributed by atoms with Gasteiger partial charge in [0.15, 0.2) is 0 Å². The minimum atomic E-state index is 0.247. The molecule has 0 fully saturated rings. The van der Waals surface area contributed by atoms with E-state index in [1.165, 1.54) is 5.57 Å². The number of nitrogens with zero attached hydrogens (tertiary/aromatic N) is 1. The van der Waals surface area contributed by atoms with Crippen LogP contribution in [0, 0.1) is 0 Å². The molecule has 1 aliphatic carbocycles. The fourth-order valence-corrected chi connectivity index (χ4v) is 3.86. The summed E-state index contributed by atoms with van der Waals surface area (Å²) in [6.45, 7) is 4.11. The minimum absolute atomic E-state index is 0.247. The Kier molecular flexibility index (Phi) is 5.04. The van der Waals surface area contributed by atoms with Crippen molar-refractivity contribution in [1.29, 1.82) is 0 Å². The van der Waals surface area contributed by atoms with Crippen molar-refractivity contribution >= 4 is 48.8 Å². The molecular formula is C13H15Br2NOS. The molecule has 2 nitrogen and oxygen atoms in total. The summed E-state index contributed by atoms with van der Waals surface area (Å²) in [4.78, 5) is 4.62. The molecule has 1 aliphatic rings. The highest BCUT2D eigenvalue weighted by atomic mass is 79.9. The molecule has 5 heteroatoms. The topological polar surface area (TPSA) is 22.1 Å². The van der Waals surface area contributed by atoms with Gasteiger partial charge in [0.2, 0.25) is 0 Å². The van der Waals surface area contributed by atoms with Gasteiger partial charge < -0.3 is 4.74 Å². The molecule has 0 radical (unpaired) electrons. The third kappa shape index (κ3) is 3.45. The van der Waals surface area contributed by atoms with Crippen molar-refractivity contribution in [2.24, 2.45) is 0 Å². The Bertz CT molecular complexity index is 491. The van der Waals surface area contributed by atoms with E-state index >= 15 is 0 Å². The largest absolute Gasteiger partial charge is 0.495 e. The fourth-order valence-electron chi connectivity index (χ4n) is 1.81. The zero-order valence-electron chi connectivity index (χ0n) is 10.4. The quantitative estimate of drug-likeness (QED) is 0.649. The SMILES string of the molecule is CC(C)OC1=CC=C(c2nc(CBr)sc2Br)CC1. The number of thiazole rings is 1. The van der Waals surface area contributed by atoms with Crippen molar-refractivity contribution in [1.82, 2.24) is 4.98 Å². The van der Waals surface area contributed by atoms with Crippen LogP contribution in [0.15, 0.2) is 21.7 Å². The van der Waals surface area contributed by atoms with E-state index in [1.807, 2.05) is 0 Å². The molecule has 1 heterocycles. The molecule has 98 valence electrons. The number of alkyl halides is 1. The van der Waals surface area contributed by atoms with Gasteiger partial charge in [-0.05, 0) is 47.8 Å². The summed E-state index contributed by atoms with van der Waals surface area (Å²) >= 11 is 8.72. The first-order valence-electron chi connectivity index (χ1n) is 5.88. The van der Waals surface area contributed by atoms with Gasteiger partial charge in [-0.2, -0.15) is 0 Å². The standard InChI is InChI=1S/C13H15Br2NOS/c1-8(2)17-10-5-3-9(4-6-10)12-13(15)18-11(7-14)16-12/h3,5,8H,4,6-7H2,1-2H3. The molecule has 0 saturated carbocycles. The van der Waals surface area contributed by atoms with E-state index in [0.717, 1.165) is 38.4 Å². The normalized spacial score (nSPS) is 15.6. The Balaban J connectivity index is 2.17. The van der Waals surface area contributed by atoms with Crippen LogP contribution in [-0.4, -0.2) is 11.1 Å². The first kappa shape index (κ1) is 14.3. The molecule has 0 bridgehead atoms. The average molecular weight is 393 g/mol. The fraction of sp³-hybridized carbons (Fsp3) is 0.462. The molecule has 0 amide bonds. The number of halogens is 2. The van der Waals surface area contributed by atoms with Gasteiger partial charge in [0, 0.05) is 6.42 Å². The Morgan fingerprint density at radius 1 is 1.39 bits per heavy atom. The van der Waals surface area contributed by atoms with Gasteiger partial charge >= 0.3 is 0 Å². The van der Waals surface area contributed by atoms with Crippen molar-refractivity contribution in [2.45, 2.75) is 38.1 Å². The maximum atomic E-state index is 5.71. The van der Waals surface area contributed by atoms with Gasteiger partial charge in [0.1, 0.15) is 5.01 Å². The van der Waals surface area contributed by atoms with Crippen molar-refractivity contribution in [2.75, 3.05) is 0 Å². The summed E-state index contributed by atoms with van der Waals surface area (Å²) in [6.07, 6.45) is 6.38. The van der Waals surface area contributed by atoms with Crippen molar-refractivity contribution in [3.05, 3.63) is 32.4 Å². The summed E-state index contributed by atoms with van der Waals surface area (Å²) in [5.41, 5.74) is 2.36. The lowest BCUT2D eigenvalue weighted by atomic mass is 10.0. The molecule has 0 atom stereocenters. The van der Waals surface area contributed by atoms with E-state index in [9.17, 15) is 0 Å². The third-order valence-corrected chi connectivity index (χ3v) is 5.15. The first-order chi connectivity index (χ1) is 8.60. The second kappa shape index (κ2) is 6.35. The number of ether oxygens (including phenoxy) is 1. The molecule has 0 N–H and O–H groups in total. The molecule has 0 spiro atoms. The van der Waals surface area contributed by atoms with Crippen LogP contribution in [-0.2, 0) is 10.1 Å². The minimum Gasteiger partial charge on any atom is -0.495 e. The van der Waals surface area contributed by atoms with Gasteiger partial charge in [0.25, 0.3) is 0 Å². The van der Waals surface area contributed by atoms with Crippen LogP contribution in [0.5, 0.6) is 0 Å². The molecule has 1 aromatic heterocycles. The molecule has 18 heavy (non-hydrogen) atoms. The number of aromatic nitrogens is 1. The molecule has 2 rings (SSSR count). The second-order valence-corrected chi connectivity index (χ2v) is 7.32. The Morgan fingerprint density at radius 2 is 2.17 bits per heavy atom. The van der Waals surface area contributed by atoms with Crippen LogP contribution in [0.3, 0.4) is 0 Å². The zero-order chi connectivity index (χ0) is 13.1. The molecule has 0 aromatic carbocycles. The van der Waals surface area contributed by atoms with Crippen LogP contribution in [0.2, 0.25) is 0 Å². The first-order valence-corrected chi connectivity index (χ1v) is 8.61. The highest BCUT2D eigenvalue weighted by Gasteiger charge is 2.16. The van der Waals surface area contributed by atoms with E-state index in [0.29, 0.717) is 0 Å². The maximum absolute atomic E-state index is 5.71. The Morgan fingerprint density at radius 3 is 2.67 bits per heavy atom. The molecular weight excluding hydrogens is 378 g/mol. The van der Waals surface area contributed by atoms with Crippen LogP contribution >= 0.6 is 43.2 Å². The highest BCUT2D eigenvalue weighted by Crippen LogP contribution is 2.35. The van der Waals surface area contributed by atoms with Gasteiger partial charge in [-0.3, -0.25) is 0 Å².